The molecule has 132 valence electrons. The van der Waals surface area contributed by atoms with Crippen LogP contribution in [0.25, 0.3) is 0 Å². The molecule has 0 aliphatic carbocycles. The van der Waals surface area contributed by atoms with Gasteiger partial charge in [-0.3, -0.25) is 9.67 Å². The molecule has 0 radical (unpaired) electrons. The monoisotopic (exact) mass is 460 g/mol. The van der Waals surface area contributed by atoms with Crippen LogP contribution in [0.4, 0.5) is 0 Å². The van der Waals surface area contributed by atoms with E-state index >= 15 is 0 Å². The minimum absolute atomic E-state index is 0. The van der Waals surface area contributed by atoms with Crippen molar-refractivity contribution in [2.24, 2.45) is 18.0 Å². The molecule has 2 unspecified atom stereocenters. The maximum absolute atomic E-state index is 4.57. The van der Waals surface area contributed by atoms with E-state index in [1.54, 1.807) is 11.3 Å². The van der Waals surface area contributed by atoms with E-state index in [0.29, 0.717) is 11.8 Å². The molecule has 0 bridgehead atoms. The second-order valence-electron chi connectivity index (χ2n) is 6.29. The highest BCUT2D eigenvalue weighted by molar-refractivity contribution is 14.0. The van der Waals surface area contributed by atoms with Crippen LogP contribution in [-0.2, 0) is 7.05 Å². The summed E-state index contributed by atoms with van der Waals surface area (Å²) >= 11 is 1.68. The average molecular weight is 460 g/mol. The third-order valence-electron chi connectivity index (χ3n) is 4.27. The summed E-state index contributed by atoms with van der Waals surface area (Å²) in [6.45, 7) is 8.09. The first-order chi connectivity index (χ1) is 11.0. The van der Waals surface area contributed by atoms with Crippen molar-refractivity contribution in [2.75, 3.05) is 13.1 Å². The molecule has 2 atom stereocenters. The van der Waals surface area contributed by atoms with Crippen molar-refractivity contribution in [1.29, 1.82) is 0 Å². The van der Waals surface area contributed by atoms with Gasteiger partial charge in [-0.2, -0.15) is 5.10 Å². The molecule has 3 rings (SSSR count). The molecule has 0 spiro atoms. The molecule has 1 aliphatic rings. The maximum atomic E-state index is 4.57. The Balaban J connectivity index is 0.00000208. The molecule has 1 aliphatic heterocycles. The molecule has 6 nitrogen and oxygen atoms in total. The minimum atomic E-state index is 0. The number of thiazole rings is 1. The van der Waals surface area contributed by atoms with Gasteiger partial charge in [-0.25, -0.2) is 4.98 Å². The fraction of sp³-hybridized carbons (Fsp3) is 0.562. The Morgan fingerprint density at radius 1 is 1.46 bits per heavy atom. The SMILES string of the molecule is Cc1nc(C2CN=C(NCC(c3ccnn3C)C(C)C)N2)cs1.I. The zero-order chi connectivity index (χ0) is 16.4. The van der Waals surface area contributed by atoms with Crippen LogP contribution in [0.3, 0.4) is 0 Å². The van der Waals surface area contributed by atoms with Crippen LogP contribution in [0, 0.1) is 12.8 Å². The van der Waals surface area contributed by atoms with Crippen molar-refractivity contribution in [3.63, 3.8) is 0 Å². The Labute approximate surface area is 164 Å². The number of guanidine groups is 1. The zero-order valence-corrected chi connectivity index (χ0v) is 17.6. The molecule has 2 N–H and O–H groups in total. The molecule has 8 heteroatoms. The van der Waals surface area contributed by atoms with Gasteiger partial charge in [0.1, 0.15) is 0 Å². The lowest BCUT2D eigenvalue weighted by Gasteiger charge is -2.22. The van der Waals surface area contributed by atoms with Crippen LogP contribution < -0.4 is 10.6 Å². The normalized spacial score (nSPS) is 18.0. The fourth-order valence-corrected chi connectivity index (χ4v) is 3.56. The summed E-state index contributed by atoms with van der Waals surface area (Å²) in [6, 6.07) is 2.29. The van der Waals surface area contributed by atoms with Gasteiger partial charge in [0.05, 0.1) is 23.3 Å². The topological polar surface area (TPSA) is 67.1 Å². The average Bonchev–Trinajstić information content (AvgIpc) is 3.21. The Morgan fingerprint density at radius 2 is 2.25 bits per heavy atom. The fourth-order valence-electron chi connectivity index (χ4n) is 2.89. The quantitative estimate of drug-likeness (QED) is 0.674. The van der Waals surface area contributed by atoms with Gasteiger partial charge < -0.3 is 10.6 Å². The molecule has 3 heterocycles. The van der Waals surface area contributed by atoms with E-state index in [4.69, 9.17) is 0 Å². The summed E-state index contributed by atoms with van der Waals surface area (Å²) in [4.78, 5) is 9.12. The van der Waals surface area contributed by atoms with Crippen LogP contribution in [-0.4, -0.2) is 33.8 Å². The number of hydrogen-bond acceptors (Lipinski definition) is 6. The lowest BCUT2D eigenvalue weighted by Crippen LogP contribution is -2.38. The highest BCUT2D eigenvalue weighted by atomic mass is 127. The molecule has 0 amide bonds. The summed E-state index contributed by atoms with van der Waals surface area (Å²) in [7, 11) is 2.00. The molecule has 2 aromatic heterocycles. The number of nitrogens with zero attached hydrogens (tertiary/aromatic N) is 4. The molecule has 0 saturated heterocycles. The van der Waals surface area contributed by atoms with Gasteiger partial charge >= 0.3 is 0 Å². The number of rotatable bonds is 5. The van der Waals surface area contributed by atoms with E-state index in [9.17, 15) is 0 Å². The first-order valence-corrected chi connectivity index (χ1v) is 8.87. The van der Waals surface area contributed by atoms with E-state index in [1.165, 1.54) is 5.69 Å². The molecule has 0 aromatic carbocycles. The summed E-state index contributed by atoms with van der Waals surface area (Å²) < 4.78 is 1.96. The van der Waals surface area contributed by atoms with Gasteiger partial charge in [0.25, 0.3) is 0 Å². The van der Waals surface area contributed by atoms with Gasteiger partial charge in [-0.05, 0) is 18.9 Å². The summed E-state index contributed by atoms with van der Waals surface area (Å²) in [5.41, 5.74) is 2.33. The number of nitrogens with one attached hydrogen (secondary N) is 2. The Bertz CT molecular complexity index is 692. The van der Waals surface area contributed by atoms with E-state index < -0.39 is 0 Å². The lowest BCUT2D eigenvalue weighted by atomic mass is 9.92. The Hall–Kier alpha value is -1.16. The summed E-state index contributed by atoms with van der Waals surface area (Å²) in [6.07, 6.45) is 1.86. The van der Waals surface area contributed by atoms with Crippen molar-refractivity contribution in [1.82, 2.24) is 25.4 Å². The molecule has 2 aromatic rings. The van der Waals surface area contributed by atoms with Gasteiger partial charge in [0.2, 0.25) is 0 Å². The summed E-state index contributed by atoms with van der Waals surface area (Å²) in [5, 5.41) is 14.4. The highest BCUT2D eigenvalue weighted by Gasteiger charge is 2.23. The third kappa shape index (κ3) is 4.27. The standard InChI is InChI=1S/C16H24N6S.HI/c1-10(2)12(15-5-6-19-22(15)4)7-17-16-18-8-13(21-16)14-9-23-11(3)20-14;/h5-6,9-10,12-13H,7-8H2,1-4H3,(H2,17,18,21);1H. The van der Waals surface area contributed by atoms with Gasteiger partial charge in [-0.15, -0.1) is 35.3 Å². The third-order valence-corrected chi connectivity index (χ3v) is 5.06. The Morgan fingerprint density at radius 3 is 2.83 bits per heavy atom. The molecule has 24 heavy (non-hydrogen) atoms. The van der Waals surface area contributed by atoms with E-state index in [0.717, 1.165) is 29.8 Å². The van der Waals surface area contributed by atoms with Gasteiger partial charge in [0, 0.05) is 36.8 Å². The first-order valence-electron chi connectivity index (χ1n) is 7.99. The van der Waals surface area contributed by atoms with Crippen molar-refractivity contribution in [2.45, 2.75) is 32.7 Å². The van der Waals surface area contributed by atoms with E-state index in [2.05, 4.69) is 51.0 Å². The zero-order valence-electron chi connectivity index (χ0n) is 14.5. The van der Waals surface area contributed by atoms with Crippen molar-refractivity contribution < 1.29 is 0 Å². The largest absolute Gasteiger partial charge is 0.356 e. The molecular weight excluding hydrogens is 435 g/mol. The molecule has 0 fully saturated rings. The minimum Gasteiger partial charge on any atom is -0.356 e. The number of aliphatic imine (C=N–C) groups is 1. The van der Waals surface area contributed by atoms with Gasteiger partial charge in [-0.1, -0.05) is 13.8 Å². The van der Waals surface area contributed by atoms with E-state index in [1.807, 2.05) is 24.9 Å². The number of aryl methyl sites for hydroxylation is 2. The lowest BCUT2D eigenvalue weighted by molar-refractivity contribution is 0.459. The van der Waals surface area contributed by atoms with Crippen molar-refractivity contribution >= 4 is 41.3 Å². The van der Waals surface area contributed by atoms with Crippen LogP contribution in [0.15, 0.2) is 22.6 Å². The second-order valence-corrected chi connectivity index (χ2v) is 7.35. The van der Waals surface area contributed by atoms with Crippen LogP contribution in [0.1, 0.15) is 42.2 Å². The maximum Gasteiger partial charge on any atom is 0.191 e. The highest BCUT2D eigenvalue weighted by Crippen LogP contribution is 2.23. The number of halogens is 1. The number of aromatic nitrogens is 3. The van der Waals surface area contributed by atoms with Crippen molar-refractivity contribution in [3.8, 4) is 0 Å². The Kier molecular flexibility index (Phi) is 6.62. The predicted molar refractivity (Wildman–Crippen MR) is 109 cm³/mol. The van der Waals surface area contributed by atoms with E-state index in [-0.39, 0.29) is 30.0 Å². The van der Waals surface area contributed by atoms with Crippen molar-refractivity contribution in [3.05, 3.63) is 34.0 Å². The smallest absolute Gasteiger partial charge is 0.191 e. The van der Waals surface area contributed by atoms with Crippen LogP contribution >= 0.6 is 35.3 Å². The summed E-state index contributed by atoms with van der Waals surface area (Å²) in [5.74, 6) is 1.79. The second kappa shape index (κ2) is 8.28. The molecule has 0 saturated carbocycles. The number of hydrogen-bond donors (Lipinski definition) is 2. The predicted octanol–water partition coefficient (Wildman–Crippen LogP) is 2.83. The van der Waals surface area contributed by atoms with Gasteiger partial charge in [0.15, 0.2) is 5.96 Å². The van der Waals surface area contributed by atoms with Crippen LogP contribution in [0.5, 0.6) is 0 Å². The first kappa shape index (κ1) is 19.2. The molecular formula is C16H25IN6S. The van der Waals surface area contributed by atoms with Crippen LogP contribution in [0.2, 0.25) is 0 Å².